The van der Waals surface area contributed by atoms with Crippen molar-refractivity contribution in [3.63, 3.8) is 0 Å². The van der Waals surface area contributed by atoms with E-state index in [0.29, 0.717) is 25.7 Å². The summed E-state index contributed by atoms with van der Waals surface area (Å²) in [5.41, 5.74) is -0.921. The summed E-state index contributed by atoms with van der Waals surface area (Å²) in [5.74, 6) is 0. The van der Waals surface area contributed by atoms with Crippen molar-refractivity contribution in [2.24, 2.45) is 0 Å². The summed E-state index contributed by atoms with van der Waals surface area (Å²) < 4.78 is 12.5. The van der Waals surface area contributed by atoms with Gasteiger partial charge in [-0.1, -0.05) is 0 Å². The zero-order valence-electron chi connectivity index (χ0n) is 4.65. The Morgan fingerprint density at radius 1 is 1.62 bits per heavy atom. The van der Waals surface area contributed by atoms with Crippen LogP contribution in [0.2, 0.25) is 0 Å². The maximum Gasteiger partial charge on any atom is 0.112 e. The molecule has 0 aromatic carbocycles. The molecule has 0 aliphatic heterocycles. The molecule has 8 heavy (non-hydrogen) atoms. The Kier molecular flexibility index (Phi) is 1.21. The van der Waals surface area contributed by atoms with Gasteiger partial charge in [-0.2, -0.15) is 5.26 Å². The van der Waals surface area contributed by atoms with Gasteiger partial charge in [0.05, 0.1) is 6.07 Å². The molecule has 0 aromatic heterocycles. The topological polar surface area (TPSA) is 23.8 Å². The first kappa shape index (κ1) is 5.55. The summed E-state index contributed by atoms with van der Waals surface area (Å²) in [6, 6.07) is 1.92. The van der Waals surface area contributed by atoms with Crippen molar-refractivity contribution in [1.82, 2.24) is 0 Å². The Hall–Kier alpha value is -0.580. The Balaban J connectivity index is 2.12. The molecule has 0 heterocycles. The zero-order chi connectivity index (χ0) is 6.04. The fraction of sp³-hybridized carbons (Fsp3) is 0.833. The van der Waals surface area contributed by atoms with Crippen LogP contribution in [0.15, 0.2) is 0 Å². The maximum atomic E-state index is 12.5. The van der Waals surface area contributed by atoms with Crippen LogP contribution in [0.4, 0.5) is 4.39 Å². The van der Waals surface area contributed by atoms with Crippen LogP contribution in [-0.2, 0) is 0 Å². The van der Waals surface area contributed by atoms with Gasteiger partial charge in [-0.25, -0.2) is 4.39 Å². The molecule has 0 N–H and O–H groups in total. The van der Waals surface area contributed by atoms with Crippen molar-refractivity contribution < 1.29 is 4.39 Å². The van der Waals surface area contributed by atoms with E-state index in [-0.39, 0.29) is 0 Å². The van der Waals surface area contributed by atoms with Crippen LogP contribution in [0.1, 0.15) is 25.7 Å². The molecule has 44 valence electrons. The van der Waals surface area contributed by atoms with Crippen LogP contribution < -0.4 is 0 Å². The molecule has 0 bridgehead atoms. The molecule has 0 radical (unpaired) electrons. The number of hydrogen-bond acceptors (Lipinski definition) is 1. The van der Waals surface area contributed by atoms with E-state index in [0.717, 1.165) is 0 Å². The number of nitriles is 1. The molecule has 0 unspecified atom stereocenters. The number of hydrogen-bond donors (Lipinski definition) is 0. The Morgan fingerprint density at radius 2 is 2.25 bits per heavy atom. The molecule has 1 fully saturated rings. The van der Waals surface area contributed by atoms with Crippen molar-refractivity contribution in [1.29, 1.82) is 5.26 Å². The Morgan fingerprint density at radius 3 is 2.62 bits per heavy atom. The minimum absolute atomic E-state index is 0.372. The van der Waals surface area contributed by atoms with Gasteiger partial charge in [-0.05, 0) is 19.3 Å². The minimum atomic E-state index is -0.921. The second kappa shape index (κ2) is 1.74. The van der Waals surface area contributed by atoms with E-state index in [1.807, 2.05) is 6.07 Å². The van der Waals surface area contributed by atoms with Gasteiger partial charge < -0.3 is 0 Å². The Bertz CT molecular complexity index is 121. The smallest absolute Gasteiger partial charge is 0.112 e. The number of alkyl halides is 1. The number of halogens is 1. The average Bonchev–Trinajstić information content (AvgIpc) is 2.45. The first-order valence-corrected chi connectivity index (χ1v) is 2.83. The molecule has 1 saturated carbocycles. The van der Waals surface area contributed by atoms with Gasteiger partial charge in [0.15, 0.2) is 0 Å². The second-order valence-corrected chi connectivity index (χ2v) is 2.31. The van der Waals surface area contributed by atoms with Crippen molar-refractivity contribution in [2.45, 2.75) is 31.4 Å². The van der Waals surface area contributed by atoms with E-state index in [1.165, 1.54) is 0 Å². The summed E-state index contributed by atoms with van der Waals surface area (Å²) in [6.45, 7) is 0. The standard InChI is InChI=1S/C6H8FN/c7-6(3-4-6)2-1-5-8/h1-4H2. The molecular formula is C6H8FN. The van der Waals surface area contributed by atoms with Crippen molar-refractivity contribution in [3.8, 4) is 6.07 Å². The molecular weight excluding hydrogens is 105 g/mol. The van der Waals surface area contributed by atoms with Gasteiger partial charge in [0, 0.05) is 6.42 Å². The summed E-state index contributed by atoms with van der Waals surface area (Å²) >= 11 is 0. The van der Waals surface area contributed by atoms with Crippen molar-refractivity contribution in [3.05, 3.63) is 0 Å². The van der Waals surface area contributed by atoms with Gasteiger partial charge >= 0.3 is 0 Å². The molecule has 0 atom stereocenters. The first-order chi connectivity index (χ1) is 3.77. The fourth-order valence-corrected chi connectivity index (χ4v) is 0.666. The normalized spacial score (nSPS) is 22.0. The third-order valence-electron chi connectivity index (χ3n) is 1.48. The first-order valence-electron chi connectivity index (χ1n) is 2.83. The highest BCUT2D eigenvalue weighted by Crippen LogP contribution is 2.43. The van der Waals surface area contributed by atoms with E-state index in [4.69, 9.17) is 5.26 Å². The van der Waals surface area contributed by atoms with Crippen LogP contribution in [-0.4, -0.2) is 5.67 Å². The lowest BCUT2D eigenvalue weighted by atomic mass is 10.2. The highest BCUT2D eigenvalue weighted by molar-refractivity contribution is 4.95. The summed E-state index contributed by atoms with van der Waals surface area (Å²) in [7, 11) is 0. The summed E-state index contributed by atoms with van der Waals surface area (Å²) in [5, 5.41) is 8.04. The van der Waals surface area contributed by atoms with E-state index >= 15 is 0 Å². The highest BCUT2D eigenvalue weighted by atomic mass is 19.1. The largest absolute Gasteiger partial charge is 0.244 e. The lowest BCUT2D eigenvalue weighted by Crippen LogP contribution is -1.96. The SMILES string of the molecule is N#CCCC1(F)CC1. The predicted octanol–water partition coefficient (Wildman–Crippen LogP) is 1.79. The van der Waals surface area contributed by atoms with Gasteiger partial charge in [-0.15, -0.1) is 0 Å². The molecule has 1 aliphatic carbocycles. The summed E-state index contributed by atoms with van der Waals surface area (Å²) in [4.78, 5) is 0. The summed E-state index contributed by atoms with van der Waals surface area (Å²) in [6.07, 6.45) is 2.17. The molecule has 2 heteroatoms. The average molecular weight is 113 g/mol. The van der Waals surface area contributed by atoms with Gasteiger partial charge in [0.1, 0.15) is 5.67 Å². The third-order valence-corrected chi connectivity index (χ3v) is 1.48. The lowest BCUT2D eigenvalue weighted by molar-refractivity contribution is 0.293. The molecule has 0 amide bonds. The van der Waals surface area contributed by atoms with E-state index in [1.54, 1.807) is 0 Å². The third kappa shape index (κ3) is 1.19. The molecule has 1 rings (SSSR count). The van der Waals surface area contributed by atoms with Gasteiger partial charge in [0.2, 0.25) is 0 Å². The van der Waals surface area contributed by atoms with Crippen LogP contribution in [0, 0.1) is 11.3 Å². The number of nitrogens with zero attached hydrogens (tertiary/aromatic N) is 1. The highest BCUT2D eigenvalue weighted by Gasteiger charge is 2.42. The van der Waals surface area contributed by atoms with Crippen molar-refractivity contribution in [2.75, 3.05) is 0 Å². The lowest BCUT2D eigenvalue weighted by Gasteiger charge is -1.95. The zero-order valence-corrected chi connectivity index (χ0v) is 4.65. The molecule has 0 saturated heterocycles. The minimum Gasteiger partial charge on any atom is -0.244 e. The molecule has 0 spiro atoms. The fourth-order valence-electron chi connectivity index (χ4n) is 0.666. The van der Waals surface area contributed by atoms with Crippen LogP contribution in [0.5, 0.6) is 0 Å². The van der Waals surface area contributed by atoms with E-state index in [2.05, 4.69) is 0 Å². The quantitative estimate of drug-likeness (QED) is 0.535. The molecule has 0 aromatic rings. The monoisotopic (exact) mass is 113 g/mol. The number of rotatable bonds is 2. The molecule has 1 aliphatic rings. The maximum absolute atomic E-state index is 12.5. The van der Waals surface area contributed by atoms with E-state index < -0.39 is 5.67 Å². The second-order valence-electron chi connectivity index (χ2n) is 2.31. The van der Waals surface area contributed by atoms with Gasteiger partial charge in [0.25, 0.3) is 0 Å². The molecule has 1 nitrogen and oxygen atoms in total. The predicted molar refractivity (Wildman–Crippen MR) is 27.9 cm³/mol. The van der Waals surface area contributed by atoms with Crippen molar-refractivity contribution >= 4 is 0 Å². The van der Waals surface area contributed by atoms with E-state index in [9.17, 15) is 4.39 Å². The van der Waals surface area contributed by atoms with Crippen LogP contribution >= 0.6 is 0 Å². The van der Waals surface area contributed by atoms with Crippen LogP contribution in [0.25, 0.3) is 0 Å². The van der Waals surface area contributed by atoms with Crippen LogP contribution in [0.3, 0.4) is 0 Å². The van der Waals surface area contributed by atoms with Gasteiger partial charge in [-0.3, -0.25) is 0 Å². The Labute approximate surface area is 48.1 Å².